The molecule has 1 amide bonds. The molecule has 2 aromatic carbocycles. The summed E-state index contributed by atoms with van der Waals surface area (Å²) >= 11 is 0. The number of aliphatic carboxylic acids is 1. The number of hydrogen-bond acceptors (Lipinski definition) is 3. The molecule has 0 saturated carbocycles. The van der Waals surface area contributed by atoms with Gasteiger partial charge in [-0.15, -0.1) is 0 Å². The fraction of sp³-hybridized carbons (Fsp3) is 0.105. The largest absolute Gasteiger partial charge is 0.480 e. The quantitative estimate of drug-likeness (QED) is 0.750. The van der Waals surface area contributed by atoms with E-state index in [9.17, 15) is 19.1 Å². The summed E-state index contributed by atoms with van der Waals surface area (Å²) in [6, 6.07) is 13.4. The lowest BCUT2D eigenvalue weighted by Crippen LogP contribution is -2.42. The Morgan fingerprint density at radius 1 is 1.12 bits per heavy atom. The molecule has 126 valence electrons. The maximum absolute atomic E-state index is 13.3. The number of pyridine rings is 1. The van der Waals surface area contributed by atoms with Crippen molar-refractivity contribution in [2.75, 3.05) is 0 Å². The molecule has 0 aliphatic heterocycles. The van der Waals surface area contributed by atoms with Gasteiger partial charge in [-0.1, -0.05) is 30.3 Å². The summed E-state index contributed by atoms with van der Waals surface area (Å²) in [4.78, 5) is 28.0. The van der Waals surface area contributed by atoms with Gasteiger partial charge in [0.15, 0.2) is 0 Å². The Balaban J connectivity index is 1.78. The van der Waals surface area contributed by atoms with Crippen molar-refractivity contribution in [3.8, 4) is 0 Å². The predicted molar refractivity (Wildman–Crippen MR) is 90.7 cm³/mol. The van der Waals surface area contributed by atoms with E-state index in [-0.39, 0.29) is 12.0 Å². The zero-order valence-electron chi connectivity index (χ0n) is 13.1. The van der Waals surface area contributed by atoms with Crippen LogP contribution in [0.3, 0.4) is 0 Å². The lowest BCUT2D eigenvalue weighted by molar-refractivity contribution is -0.139. The third kappa shape index (κ3) is 3.98. The Morgan fingerprint density at radius 2 is 1.92 bits per heavy atom. The van der Waals surface area contributed by atoms with Crippen molar-refractivity contribution in [1.29, 1.82) is 0 Å². The van der Waals surface area contributed by atoms with E-state index in [1.165, 1.54) is 24.4 Å². The number of rotatable bonds is 5. The van der Waals surface area contributed by atoms with E-state index in [1.807, 2.05) is 24.3 Å². The molecule has 1 aromatic heterocycles. The number of carbonyl (C=O) groups is 2. The van der Waals surface area contributed by atoms with Gasteiger partial charge in [-0.3, -0.25) is 9.78 Å². The van der Waals surface area contributed by atoms with E-state index in [1.54, 1.807) is 12.1 Å². The van der Waals surface area contributed by atoms with Crippen LogP contribution in [-0.4, -0.2) is 28.0 Å². The van der Waals surface area contributed by atoms with Crippen molar-refractivity contribution in [1.82, 2.24) is 10.3 Å². The fourth-order valence-electron chi connectivity index (χ4n) is 2.54. The Morgan fingerprint density at radius 3 is 2.68 bits per heavy atom. The van der Waals surface area contributed by atoms with Gasteiger partial charge in [-0.25, -0.2) is 9.18 Å². The zero-order chi connectivity index (χ0) is 17.8. The molecule has 25 heavy (non-hydrogen) atoms. The van der Waals surface area contributed by atoms with Crippen LogP contribution < -0.4 is 5.32 Å². The van der Waals surface area contributed by atoms with Gasteiger partial charge >= 0.3 is 5.97 Å². The second kappa shape index (κ2) is 7.09. The number of amides is 1. The van der Waals surface area contributed by atoms with Crippen molar-refractivity contribution in [3.63, 3.8) is 0 Å². The summed E-state index contributed by atoms with van der Waals surface area (Å²) in [6.07, 6.45) is 1.39. The van der Waals surface area contributed by atoms with Crippen LogP contribution in [0.4, 0.5) is 4.39 Å². The maximum Gasteiger partial charge on any atom is 0.326 e. The first-order chi connectivity index (χ1) is 12.0. The number of nitrogens with zero attached hydrogens (tertiary/aromatic N) is 1. The standard InChI is InChI=1S/C19H15FN2O3/c20-15-6-3-4-12(8-15)9-17(19(24)25)22-18(23)14-10-13-5-1-2-7-16(13)21-11-14/h1-8,10-11,17H,9H2,(H,22,23)(H,24,25)/t17-/m0/s1. The lowest BCUT2D eigenvalue weighted by atomic mass is 10.1. The van der Waals surface area contributed by atoms with Crippen molar-refractivity contribution < 1.29 is 19.1 Å². The SMILES string of the molecule is O=C(N[C@@H](Cc1cccc(F)c1)C(=O)O)c1cnc2ccccc2c1. The van der Waals surface area contributed by atoms with Gasteiger partial charge in [-0.05, 0) is 29.8 Å². The number of hydrogen-bond donors (Lipinski definition) is 2. The molecule has 1 atom stereocenters. The summed E-state index contributed by atoms with van der Waals surface area (Å²) < 4.78 is 13.3. The molecule has 0 aliphatic rings. The third-order valence-corrected chi connectivity index (χ3v) is 3.78. The first-order valence-corrected chi connectivity index (χ1v) is 7.66. The smallest absolute Gasteiger partial charge is 0.326 e. The molecule has 5 nitrogen and oxygen atoms in total. The monoisotopic (exact) mass is 338 g/mol. The maximum atomic E-state index is 13.3. The molecule has 0 spiro atoms. The Bertz CT molecular complexity index is 943. The number of carboxylic acids is 1. The first-order valence-electron chi connectivity index (χ1n) is 7.66. The van der Waals surface area contributed by atoms with Gasteiger partial charge in [0.25, 0.3) is 5.91 Å². The number of carbonyl (C=O) groups excluding carboxylic acids is 1. The second-order valence-electron chi connectivity index (χ2n) is 5.62. The summed E-state index contributed by atoms with van der Waals surface area (Å²) in [5, 5.41) is 12.6. The van der Waals surface area contributed by atoms with Crippen LogP contribution in [0.1, 0.15) is 15.9 Å². The van der Waals surface area contributed by atoms with Crippen molar-refractivity contribution in [2.24, 2.45) is 0 Å². The van der Waals surface area contributed by atoms with Crippen molar-refractivity contribution in [3.05, 3.63) is 77.7 Å². The highest BCUT2D eigenvalue weighted by Crippen LogP contribution is 2.13. The molecule has 0 unspecified atom stereocenters. The number of nitrogens with one attached hydrogen (secondary N) is 1. The molecule has 0 radical (unpaired) electrons. The number of fused-ring (bicyclic) bond motifs is 1. The zero-order valence-corrected chi connectivity index (χ0v) is 13.1. The highest BCUT2D eigenvalue weighted by molar-refractivity contribution is 5.99. The molecular weight excluding hydrogens is 323 g/mol. The number of carboxylic acid groups (broad SMARTS) is 1. The number of aromatic nitrogens is 1. The minimum atomic E-state index is -1.19. The van der Waals surface area contributed by atoms with Crippen LogP contribution in [0.2, 0.25) is 0 Å². The topological polar surface area (TPSA) is 79.3 Å². The predicted octanol–water partition coefficient (Wildman–Crippen LogP) is 2.80. The van der Waals surface area contributed by atoms with Gasteiger partial charge in [0.1, 0.15) is 11.9 Å². The van der Waals surface area contributed by atoms with Crippen LogP contribution >= 0.6 is 0 Å². The summed E-state index contributed by atoms with van der Waals surface area (Å²) in [5.74, 6) is -2.18. The summed E-state index contributed by atoms with van der Waals surface area (Å²) in [6.45, 7) is 0. The van der Waals surface area contributed by atoms with E-state index in [0.29, 0.717) is 5.56 Å². The average Bonchev–Trinajstić information content (AvgIpc) is 2.60. The minimum Gasteiger partial charge on any atom is -0.480 e. The molecule has 0 saturated heterocycles. The normalized spacial score (nSPS) is 11.9. The fourth-order valence-corrected chi connectivity index (χ4v) is 2.54. The highest BCUT2D eigenvalue weighted by Gasteiger charge is 2.21. The Kier molecular flexibility index (Phi) is 4.70. The van der Waals surface area contributed by atoms with E-state index in [4.69, 9.17) is 0 Å². The van der Waals surface area contributed by atoms with E-state index < -0.39 is 23.7 Å². The molecule has 2 N–H and O–H groups in total. The van der Waals surface area contributed by atoms with Crippen LogP contribution in [0.5, 0.6) is 0 Å². The lowest BCUT2D eigenvalue weighted by Gasteiger charge is -2.15. The first kappa shape index (κ1) is 16.6. The molecule has 0 fully saturated rings. The second-order valence-corrected chi connectivity index (χ2v) is 5.62. The molecule has 1 heterocycles. The van der Waals surface area contributed by atoms with Gasteiger partial charge < -0.3 is 10.4 Å². The molecule has 3 aromatic rings. The van der Waals surface area contributed by atoms with E-state index in [2.05, 4.69) is 10.3 Å². The molecule has 0 aliphatic carbocycles. The summed E-state index contributed by atoms with van der Waals surface area (Å²) in [5.41, 5.74) is 1.50. The average molecular weight is 338 g/mol. The number of benzene rings is 2. The van der Waals surface area contributed by atoms with Gasteiger partial charge in [0.2, 0.25) is 0 Å². The molecule has 6 heteroatoms. The van der Waals surface area contributed by atoms with Gasteiger partial charge in [0.05, 0.1) is 11.1 Å². The van der Waals surface area contributed by atoms with Gasteiger partial charge in [-0.2, -0.15) is 0 Å². The van der Waals surface area contributed by atoms with E-state index in [0.717, 1.165) is 10.9 Å². The molecule has 0 bridgehead atoms. The highest BCUT2D eigenvalue weighted by atomic mass is 19.1. The van der Waals surface area contributed by atoms with Crippen molar-refractivity contribution >= 4 is 22.8 Å². The van der Waals surface area contributed by atoms with Crippen molar-refractivity contribution in [2.45, 2.75) is 12.5 Å². The Labute approximate surface area is 143 Å². The molecular formula is C19H15FN2O3. The van der Waals surface area contributed by atoms with Crippen LogP contribution in [0.25, 0.3) is 10.9 Å². The Hall–Kier alpha value is -3.28. The van der Waals surface area contributed by atoms with Crippen LogP contribution in [-0.2, 0) is 11.2 Å². The van der Waals surface area contributed by atoms with E-state index >= 15 is 0 Å². The van der Waals surface area contributed by atoms with Crippen LogP contribution in [0, 0.1) is 5.82 Å². The molecule has 3 rings (SSSR count). The van der Waals surface area contributed by atoms with Gasteiger partial charge in [0, 0.05) is 18.0 Å². The third-order valence-electron chi connectivity index (χ3n) is 3.78. The van der Waals surface area contributed by atoms with Crippen LogP contribution in [0.15, 0.2) is 60.8 Å². The number of para-hydroxylation sites is 1. The number of halogens is 1. The minimum absolute atomic E-state index is 0.0140. The summed E-state index contributed by atoms with van der Waals surface area (Å²) in [7, 11) is 0.